The molecule has 1 heterocycles. The average Bonchev–Trinajstić information content (AvgIpc) is 2.78. The van der Waals surface area contributed by atoms with E-state index in [1.165, 1.54) is 16.3 Å². The number of fused-ring (bicyclic) bond motifs is 1. The number of halogens is 1. The van der Waals surface area contributed by atoms with Gasteiger partial charge in [-0.3, -0.25) is 14.2 Å². The van der Waals surface area contributed by atoms with Crippen LogP contribution < -0.4 is 10.3 Å². The summed E-state index contributed by atoms with van der Waals surface area (Å²) >= 11 is 3.42. The van der Waals surface area contributed by atoms with Gasteiger partial charge in [0, 0.05) is 9.13 Å². The van der Waals surface area contributed by atoms with E-state index in [-0.39, 0.29) is 17.1 Å². The molecule has 0 bridgehead atoms. The molecule has 4 rings (SSSR count). The van der Waals surface area contributed by atoms with Crippen molar-refractivity contribution in [2.45, 2.75) is 5.16 Å². The summed E-state index contributed by atoms with van der Waals surface area (Å²) in [5.74, 6) is 0.702. The van der Waals surface area contributed by atoms with Gasteiger partial charge < -0.3 is 4.74 Å². The van der Waals surface area contributed by atoms with Crippen LogP contribution in [0.15, 0.2) is 82.7 Å². The van der Waals surface area contributed by atoms with E-state index in [1.54, 1.807) is 25.3 Å². The van der Waals surface area contributed by atoms with Gasteiger partial charge >= 0.3 is 0 Å². The Morgan fingerprint density at radius 3 is 2.57 bits per heavy atom. The molecule has 30 heavy (non-hydrogen) atoms. The minimum absolute atomic E-state index is 0.0240. The van der Waals surface area contributed by atoms with E-state index in [0.717, 1.165) is 3.57 Å². The van der Waals surface area contributed by atoms with Crippen molar-refractivity contribution in [3.63, 3.8) is 0 Å². The van der Waals surface area contributed by atoms with E-state index in [1.807, 2.05) is 54.6 Å². The van der Waals surface area contributed by atoms with Crippen molar-refractivity contribution < 1.29 is 9.53 Å². The summed E-state index contributed by atoms with van der Waals surface area (Å²) in [7, 11) is 1.56. The third-order valence-corrected chi connectivity index (χ3v) is 6.16. The lowest BCUT2D eigenvalue weighted by atomic mass is 10.2. The van der Waals surface area contributed by atoms with Crippen molar-refractivity contribution in [2.24, 2.45) is 0 Å². The van der Waals surface area contributed by atoms with E-state index < -0.39 is 0 Å². The molecule has 7 heteroatoms. The van der Waals surface area contributed by atoms with Crippen LogP contribution >= 0.6 is 34.4 Å². The number of ketones is 1. The molecule has 0 saturated heterocycles. The molecule has 0 atom stereocenters. The molecule has 3 aromatic carbocycles. The van der Waals surface area contributed by atoms with E-state index in [0.29, 0.717) is 33.1 Å². The second-order valence-electron chi connectivity index (χ2n) is 6.45. The molecule has 0 radical (unpaired) electrons. The van der Waals surface area contributed by atoms with Crippen LogP contribution in [0.3, 0.4) is 0 Å². The van der Waals surface area contributed by atoms with Crippen molar-refractivity contribution in [3.05, 3.63) is 92.3 Å². The highest BCUT2D eigenvalue weighted by atomic mass is 127. The van der Waals surface area contributed by atoms with Crippen LogP contribution in [0.1, 0.15) is 10.4 Å². The number of carbonyl (C=O) groups is 1. The molecule has 0 unspecified atom stereocenters. The number of hydrogen-bond donors (Lipinski definition) is 0. The fourth-order valence-electron chi connectivity index (χ4n) is 3.10. The van der Waals surface area contributed by atoms with Crippen molar-refractivity contribution in [1.82, 2.24) is 9.55 Å². The summed E-state index contributed by atoms with van der Waals surface area (Å²) in [6.07, 6.45) is 0. The molecule has 0 spiro atoms. The number of rotatable bonds is 6. The SMILES string of the molecule is COc1ccccc1-n1c(SCC(=O)c2ccccc2)nc2ccc(I)cc2c1=O. The average molecular weight is 528 g/mol. The Labute approximate surface area is 191 Å². The fraction of sp³-hybridized carbons (Fsp3) is 0.0870. The molecule has 0 aliphatic rings. The lowest BCUT2D eigenvalue weighted by molar-refractivity contribution is 0.102. The highest BCUT2D eigenvalue weighted by Crippen LogP contribution is 2.27. The summed E-state index contributed by atoms with van der Waals surface area (Å²) in [6, 6.07) is 21.9. The third kappa shape index (κ3) is 4.13. The minimum Gasteiger partial charge on any atom is -0.495 e. The number of carbonyl (C=O) groups excluding carboxylic acids is 1. The van der Waals surface area contributed by atoms with Gasteiger partial charge in [0.15, 0.2) is 10.9 Å². The molecule has 5 nitrogen and oxygen atoms in total. The molecular weight excluding hydrogens is 511 g/mol. The van der Waals surface area contributed by atoms with E-state index in [4.69, 9.17) is 9.72 Å². The zero-order chi connectivity index (χ0) is 21.1. The van der Waals surface area contributed by atoms with Crippen LogP contribution in [-0.2, 0) is 0 Å². The summed E-state index contributed by atoms with van der Waals surface area (Å²) in [5, 5.41) is 0.967. The Morgan fingerprint density at radius 1 is 1.07 bits per heavy atom. The number of para-hydroxylation sites is 2. The molecule has 4 aromatic rings. The fourth-order valence-corrected chi connectivity index (χ4v) is 4.49. The van der Waals surface area contributed by atoms with Gasteiger partial charge in [-0.15, -0.1) is 0 Å². The molecule has 0 aliphatic carbocycles. The number of benzene rings is 3. The number of aromatic nitrogens is 2. The quantitative estimate of drug-likeness (QED) is 0.153. The van der Waals surface area contributed by atoms with Crippen molar-refractivity contribution in [3.8, 4) is 11.4 Å². The number of ether oxygens (including phenoxy) is 1. The number of nitrogens with zero attached hydrogens (tertiary/aromatic N) is 2. The maximum absolute atomic E-state index is 13.5. The number of hydrogen-bond acceptors (Lipinski definition) is 5. The van der Waals surface area contributed by atoms with Gasteiger partial charge in [0.25, 0.3) is 5.56 Å². The molecule has 0 N–H and O–H groups in total. The summed E-state index contributed by atoms with van der Waals surface area (Å²) in [5.41, 5.74) is 1.62. The molecular formula is C23H17IN2O3S. The van der Waals surface area contributed by atoms with Crippen molar-refractivity contribution in [1.29, 1.82) is 0 Å². The van der Waals surface area contributed by atoms with Gasteiger partial charge in [-0.25, -0.2) is 4.98 Å². The third-order valence-electron chi connectivity index (χ3n) is 4.55. The zero-order valence-electron chi connectivity index (χ0n) is 16.0. The molecule has 0 aliphatic heterocycles. The van der Waals surface area contributed by atoms with E-state index in [2.05, 4.69) is 22.6 Å². The Balaban J connectivity index is 1.84. The molecule has 0 amide bonds. The van der Waals surface area contributed by atoms with Crippen LogP contribution in [-0.4, -0.2) is 28.2 Å². The standard InChI is InChI=1S/C23H17IN2O3S/c1-29-21-10-6-5-9-19(21)26-22(28)17-13-16(24)11-12-18(17)25-23(26)30-14-20(27)15-7-3-2-4-8-15/h2-13H,14H2,1H3. The second-order valence-corrected chi connectivity index (χ2v) is 8.63. The first kappa shape index (κ1) is 20.6. The van der Waals surface area contributed by atoms with Gasteiger partial charge in [-0.05, 0) is 52.9 Å². The van der Waals surface area contributed by atoms with Crippen molar-refractivity contribution >= 4 is 51.0 Å². The van der Waals surface area contributed by atoms with Gasteiger partial charge in [0.05, 0.1) is 29.5 Å². The van der Waals surface area contributed by atoms with E-state index in [9.17, 15) is 9.59 Å². The first-order valence-corrected chi connectivity index (χ1v) is 11.2. The number of methoxy groups -OCH3 is 1. The van der Waals surface area contributed by atoms with Gasteiger partial charge in [0.1, 0.15) is 5.75 Å². The monoisotopic (exact) mass is 528 g/mol. The Morgan fingerprint density at radius 2 is 1.80 bits per heavy atom. The maximum atomic E-state index is 13.5. The highest BCUT2D eigenvalue weighted by Gasteiger charge is 2.18. The topological polar surface area (TPSA) is 61.2 Å². The van der Waals surface area contributed by atoms with Gasteiger partial charge in [0.2, 0.25) is 0 Å². The first-order chi connectivity index (χ1) is 14.6. The van der Waals surface area contributed by atoms with Gasteiger partial charge in [-0.1, -0.05) is 54.2 Å². The lowest BCUT2D eigenvalue weighted by Crippen LogP contribution is -2.23. The van der Waals surface area contributed by atoms with Crippen LogP contribution in [0.25, 0.3) is 16.6 Å². The zero-order valence-corrected chi connectivity index (χ0v) is 19.0. The normalized spacial score (nSPS) is 10.9. The van der Waals surface area contributed by atoms with Crippen LogP contribution in [0.5, 0.6) is 5.75 Å². The molecule has 150 valence electrons. The largest absolute Gasteiger partial charge is 0.495 e. The molecule has 0 fully saturated rings. The Kier molecular flexibility index (Phi) is 6.19. The summed E-state index contributed by atoms with van der Waals surface area (Å²) < 4.78 is 7.95. The van der Waals surface area contributed by atoms with Crippen LogP contribution in [0.4, 0.5) is 0 Å². The Bertz CT molecular complexity index is 1290. The molecule has 1 aromatic heterocycles. The van der Waals surface area contributed by atoms with Crippen LogP contribution in [0.2, 0.25) is 0 Å². The highest BCUT2D eigenvalue weighted by molar-refractivity contribution is 14.1. The Hall–Kier alpha value is -2.65. The van der Waals surface area contributed by atoms with Gasteiger partial charge in [-0.2, -0.15) is 0 Å². The second kappa shape index (κ2) is 9.01. The first-order valence-electron chi connectivity index (χ1n) is 9.15. The summed E-state index contributed by atoms with van der Waals surface area (Å²) in [4.78, 5) is 30.8. The maximum Gasteiger partial charge on any atom is 0.266 e. The minimum atomic E-state index is -0.197. The van der Waals surface area contributed by atoms with Crippen LogP contribution in [0, 0.1) is 3.57 Å². The van der Waals surface area contributed by atoms with Crippen molar-refractivity contribution in [2.75, 3.05) is 12.9 Å². The lowest BCUT2D eigenvalue weighted by Gasteiger charge is -2.15. The predicted molar refractivity (Wildman–Crippen MR) is 128 cm³/mol. The molecule has 0 saturated carbocycles. The number of thioether (sulfide) groups is 1. The number of Topliss-reactive ketones (excluding diaryl/α,β-unsaturated/α-hetero) is 1. The smallest absolute Gasteiger partial charge is 0.266 e. The summed E-state index contributed by atoms with van der Waals surface area (Å²) in [6.45, 7) is 0. The predicted octanol–water partition coefficient (Wildman–Crippen LogP) is 4.97. The van der Waals surface area contributed by atoms with E-state index >= 15 is 0 Å².